The maximum absolute atomic E-state index is 5.94. The van der Waals surface area contributed by atoms with E-state index in [2.05, 4.69) is 63.0 Å². The number of thiophene rings is 1. The van der Waals surface area contributed by atoms with Gasteiger partial charge in [-0.25, -0.2) is 4.99 Å². The highest BCUT2D eigenvalue weighted by atomic mass is 32.1. The van der Waals surface area contributed by atoms with E-state index in [1.807, 2.05) is 51.4 Å². The van der Waals surface area contributed by atoms with Crippen molar-refractivity contribution in [1.29, 1.82) is 0 Å². The van der Waals surface area contributed by atoms with Gasteiger partial charge < -0.3 is 15.6 Å². The van der Waals surface area contributed by atoms with E-state index in [0.717, 1.165) is 79.1 Å². The zero-order chi connectivity index (χ0) is 27.7. The summed E-state index contributed by atoms with van der Waals surface area (Å²) in [6.07, 6.45) is 11.5. The molecule has 0 spiro atoms. The number of likely N-dealkylation sites (tertiary alicyclic amines) is 1. The number of aromatic nitrogens is 4. The molecule has 4 aromatic rings. The smallest absolute Gasteiger partial charge is 0.128 e. The quantitative estimate of drug-likeness (QED) is 0.177. The number of fused-ring (bicyclic) bond motifs is 1. The van der Waals surface area contributed by atoms with E-state index in [0.29, 0.717) is 0 Å². The molecule has 0 saturated carbocycles. The third-order valence-corrected chi connectivity index (χ3v) is 8.10. The van der Waals surface area contributed by atoms with Gasteiger partial charge in [0.25, 0.3) is 0 Å². The van der Waals surface area contributed by atoms with Crippen molar-refractivity contribution in [3.8, 4) is 21.8 Å². The third-order valence-electron chi connectivity index (χ3n) is 6.82. The minimum Gasteiger partial charge on any atom is -0.353 e. The summed E-state index contributed by atoms with van der Waals surface area (Å²) in [7, 11) is 0. The van der Waals surface area contributed by atoms with Crippen molar-refractivity contribution in [2.75, 3.05) is 13.1 Å². The van der Waals surface area contributed by atoms with Crippen molar-refractivity contribution >= 4 is 46.3 Å². The Kier molecular flexibility index (Phi) is 7.32. The van der Waals surface area contributed by atoms with Gasteiger partial charge in [-0.05, 0) is 62.3 Å². The van der Waals surface area contributed by atoms with E-state index < -0.39 is 0 Å². The number of rotatable bonds is 7. The van der Waals surface area contributed by atoms with Gasteiger partial charge in [0.1, 0.15) is 11.5 Å². The lowest BCUT2D eigenvalue weighted by atomic mass is 10.1. The number of H-pyrrole nitrogens is 2. The number of aromatic amines is 2. The van der Waals surface area contributed by atoms with E-state index in [9.17, 15) is 0 Å². The number of amidine groups is 1. The van der Waals surface area contributed by atoms with Crippen LogP contribution in [0, 0.1) is 0 Å². The Morgan fingerprint density at radius 3 is 2.72 bits per heavy atom. The van der Waals surface area contributed by atoms with E-state index in [-0.39, 0.29) is 6.04 Å². The number of pyridine rings is 1. The molecule has 1 saturated heterocycles. The number of nitrogens with one attached hydrogen (secondary N) is 2. The van der Waals surface area contributed by atoms with Gasteiger partial charge in [0.2, 0.25) is 0 Å². The molecule has 1 fully saturated rings. The number of nitrogens with two attached hydrogens (primary N) is 1. The molecule has 39 heavy (non-hydrogen) atoms. The molecule has 0 atom stereocenters. The van der Waals surface area contributed by atoms with Gasteiger partial charge in [0, 0.05) is 51.3 Å². The highest BCUT2D eigenvalue weighted by Gasteiger charge is 2.24. The molecule has 8 heteroatoms. The van der Waals surface area contributed by atoms with Gasteiger partial charge in [-0.2, -0.15) is 5.10 Å². The fraction of sp³-hybridized carbons (Fsp3) is 0.194. The van der Waals surface area contributed by atoms with Crippen LogP contribution in [0.25, 0.3) is 51.0 Å². The fourth-order valence-corrected chi connectivity index (χ4v) is 5.52. The first-order valence-corrected chi connectivity index (χ1v) is 13.6. The molecule has 5 rings (SSSR count). The molecular weight excluding hydrogens is 502 g/mol. The minimum atomic E-state index is 0.199. The molecular formula is C31H33N7S. The van der Waals surface area contributed by atoms with Crippen molar-refractivity contribution in [1.82, 2.24) is 25.1 Å². The second-order valence-electron chi connectivity index (χ2n) is 9.77. The lowest BCUT2D eigenvalue weighted by Crippen LogP contribution is -2.57. The number of hydrogen-bond acceptors (Lipinski definition) is 5. The minimum absolute atomic E-state index is 0.199. The van der Waals surface area contributed by atoms with Crippen LogP contribution < -0.4 is 16.3 Å². The average molecular weight is 536 g/mol. The zero-order valence-corrected chi connectivity index (χ0v) is 23.4. The Labute approximate surface area is 232 Å². The first kappa shape index (κ1) is 26.3. The lowest BCUT2D eigenvalue weighted by molar-refractivity contribution is 0.255. The molecule has 0 amide bonds. The number of hydrogen-bond donors (Lipinski definition) is 3. The molecule has 4 N–H and O–H groups in total. The number of aliphatic imine (C=N–C) groups is 1. The van der Waals surface area contributed by atoms with Crippen LogP contribution in [0.1, 0.15) is 25.6 Å². The van der Waals surface area contributed by atoms with E-state index in [1.54, 1.807) is 17.4 Å². The topological polar surface area (TPSA) is 99.0 Å². The van der Waals surface area contributed by atoms with Gasteiger partial charge in [0.05, 0.1) is 28.5 Å². The first-order valence-electron chi connectivity index (χ1n) is 12.8. The summed E-state index contributed by atoms with van der Waals surface area (Å²) in [6, 6.07) is 6.55. The Morgan fingerprint density at radius 2 is 2.05 bits per heavy atom. The summed E-state index contributed by atoms with van der Waals surface area (Å²) in [5.41, 5.74) is 12.6. The number of allylic oxidation sites excluding steroid dienone is 4. The third kappa shape index (κ3) is 5.21. The predicted octanol–water partition coefficient (Wildman–Crippen LogP) is 4.98. The average Bonchev–Trinajstić information content (AvgIpc) is 3.64. The summed E-state index contributed by atoms with van der Waals surface area (Å²) < 4.78 is 0. The normalized spacial score (nSPS) is 15.7. The second-order valence-corrected chi connectivity index (χ2v) is 10.9. The van der Waals surface area contributed by atoms with Gasteiger partial charge in [-0.3, -0.25) is 10.1 Å². The van der Waals surface area contributed by atoms with Crippen LogP contribution in [0.2, 0.25) is 0 Å². The molecule has 198 valence electrons. The second kappa shape index (κ2) is 10.8. The Morgan fingerprint density at radius 1 is 1.26 bits per heavy atom. The Bertz CT molecular complexity index is 1770. The van der Waals surface area contributed by atoms with E-state index in [4.69, 9.17) is 10.7 Å². The Hall–Kier alpha value is -4.27. The van der Waals surface area contributed by atoms with Crippen molar-refractivity contribution in [2.45, 2.75) is 26.8 Å². The SMILES string of the molecule is C=CC(=NC(=C\C)/C(C)=C/C=c1/[nH]nc(-c2cc3c(-c4ccc(C(=C)C)s4)cncc3[nH]2)c1=C)N1CC(N)C1. The number of nitrogens with zero attached hydrogens (tertiary/aromatic N) is 4. The summed E-state index contributed by atoms with van der Waals surface area (Å²) in [5.74, 6) is 0.838. The Balaban J connectivity index is 1.45. The van der Waals surface area contributed by atoms with Gasteiger partial charge in [-0.15, -0.1) is 11.3 Å². The maximum atomic E-state index is 5.94. The summed E-state index contributed by atoms with van der Waals surface area (Å²) in [6.45, 7) is 19.9. The molecule has 1 aliphatic rings. The molecule has 4 aromatic heterocycles. The highest BCUT2D eigenvalue weighted by molar-refractivity contribution is 7.16. The molecule has 5 heterocycles. The predicted molar refractivity (Wildman–Crippen MR) is 166 cm³/mol. The first-order chi connectivity index (χ1) is 18.8. The zero-order valence-electron chi connectivity index (χ0n) is 22.6. The largest absolute Gasteiger partial charge is 0.353 e. The van der Waals surface area contributed by atoms with E-state index in [1.165, 1.54) is 4.88 Å². The lowest BCUT2D eigenvalue weighted by Gasteiger charge is -2.38. The van der Waals surface area contributed by atoms with Crippen molar-refractivity contribution in [2.24, 2.45) is 10.7 Å². The highest BCUT2D eigenvalue weighted by Crippen LogP contribution is 2.36. The molecule has 0 aromatic carbocycles. The molecule has 1 aliphatic heterocycles. The van der Waals surface area contributed by atoms with Crippen LogP contribution in [-0.4, -0.2) is 50.0 Å². The van der Waals surface area contributed by atoms with Gasteiger partial charge in [0.15, 0.2) is 0 Å². The van der Waals surface area contributed by atoms with Crippen LogP contribution >= 0.6 is 11.3 Å². The van der Waals surface area contributed by atoms with Gasteiger partial charge in [-0.1, -0.05) is 31.9 Å². The van der Waals surface area contributed by atoms with Crippen LogP contribution in [-0.2, 0) is 0 Å². The monoisotopic (exact) mass is 535 g/mol. The van der Waals surface area contributed by atoms with Crippen LogP contribution in [0.4, 0.5) is 0 Å². The van der Waals surface area contributed by atoms with Crippen molar-refractivity contribution in [3.05, 3.63) is 88.7 Å². The van der Waals surface area contributed by atoms with Crippen molar-refractivity contribution < 1.29 is 0 Å². The molecule has 0 aliphatic carbocycles. The molecule has 0 bridgehead atoms. The summed E-state index contributed by atoms with van der Waals surface area (Å²) >= 11 is 1.72. The standard InChI is InChI=1S/C31H33N7S/c1-7-24(35-30(8-2)38-16-21(32)17-38)19(5)9-10-25-20(6)31(37-36-25)26-13-22-23(14-33-15-27(22)34-26)29-12-11-28(39-29)18(3)4/h7-15,21,34,36H,2-3,6,16-17,32H2,1,4-5H3/b19-9+,24-7-,25-10+,35-30?. The van der Waals surface area contributed by atoms with Crippen LogP contribution in [0.15, 0.2) is 78.2 Å². The van der Waals surface area contributed by atoms with Crippen LogP contribution in [0.3, 0.4) is 0 Å². The molecule has 0 radical (unpaired) electrons. The van der Waals surface area contributed by atoms with E-state index >= 15 is 0 Å². The summed E-state index contributed by atoms with van der Waals surface area (Å²) in [4.78, 5) is 17.2. The van der Waals surface area contributed by atoms with Crippen LogP contribution in [0.5, 0.6) is 0 Å². The summed E-state index contributed by atoms with van der Waals surface area (Å²) in [5, 5.41) is 10.5. The van der Waals surface area contributed by atoms with Gasteiger partial charge >= 0.3 is 0 Å². The van der Waals surface area contributed by atoms with Crippen molar-refractivity contribution in [3.63, 3.8) is 0 Å². The fourth-order valence-electron chi connectivity index (χ4n) is 4.57. The molecule has 7 nitrogen and oxygen atoms in total. The molecule has 0 unspecified atom stereocenters. The maximum Gasteiger partial charge on any atom is 0.128 e.